The molecule has 22 heavy (non-hydrogen) atoms. The van der Waals surface area contributed by atoms with Gasteiger partial charge in [0.05, 0.1) is 17.4 Å². The van der Waals surface area contributed by atoms with Gasteiger partial charge in [-0.25, -0.2) is 9.18 Å². The van der Waals surface area contributed by atoms with Crippen LogP contribution in [0.4, 0.5) is 28.0 Å². The van der Waals surface area contributed by atoms with Crippen LogP contribution in [0.3, 0.4) is 0 Å². The number of amides is 2. The number of halogens is 4. The third-order valence-electron chi connectivity index (χ3n) is 3.57. The third-order valence-corrected chi connectivity index (χ3v) is 3.57. The molecule has 0 unspecified atom stereocenters. The smallest absolute Gasteiger partial charge is 0.393 e. The molecule has 1 aromatic carbocycles. The van der Waals surface area contributed by atoms with Gasteiger partial charge in [-0.2, -0.15) is 13.2 Å². The van der Waals surface area contributed by atoms with Crippen molar-refractivity contribution in [2.24, 2.45) is 0 Å². The van der Waals surface area contributed by atoms with Crippen LogP contribution >= 0.6 is 0 Å². The summed E-state index contributed by atoms with van der Waals surface area (Å²) in [6.45, 7) is 0. The van der Waals surface area contributed by atoms with E-state index in [-0.39, 0.29) is 12.1 Å². The second-order valence-electron chi connectivity index (χ2n) is 5.30. The molecule has 8 heteroatoms. The van der Waals surface area contributed by atoms with Crippen molar-refractivity contribution in [3.05, 3.63) is 29.6 Å². The lowest BCUT2D eigenvalue weighted by Gasteiger charge is -2.26. The molecule has 0 radical (unpaired) electrons. The average Bonchev–Trinajstić information content (AvgIpc) is 2.42. The first-order valence-electron chi connectivity index (χ1n) is 6.88. The van der Waals surface area contributed by atoms with Gasteiger partial charge in [0.15, 0.2) is 0 Å². The Balaban J connectivity index is 1.99. The number of aliphatic hydroxyl groups excluding tert-OH is 1. The number of alkyl halides is 3. The van der Waals surface area contributed by atoms with Gasteiger partial charge in [-0.1, -0.05) is 0 Å². The lowest BCUT2D eigenvalue weighted by molar-refractivity contribution is -0.137. The lowest BCUT2D eigenvalue weighted by Crippen LogP contribution is -2.41. The zero-order valence-electron chi connectivity index (χ0n) is 11.6. The third kappa shape index (κ3) is 4.33. The molecule has 3 N–H and O–H groups in total. The van der Waals surface area contributed by atoms with E-state index in [1.807, 2.05) is 0 Å². The summed E-state index contributed by atoms with van der Waals surface area (Å²) in [7, 11) is 0. The van der Waals surface area contributed by atoms with E-state index in [2.05, 4.69) is 10.6 Å². The maximum atomic E-state index is 13.5. The van der Waals surface area contributed by atoms with Gasteiger partial charge in [0.25, 0.3) is 0 Å². The molecule has 0 bridgehead atoms. The Morgan fingerprint density at radius 2 is 1.82 bits per heavy atom. The fourth-order valence-electron chi connectivity index (χ4n) is 2.36. The number of urea groups is 1. The first-order chi connectivity index (χ1) is 10.3. The number of carbonyl (C=O) groups is 1. The summed E-state index contributed by atoms with van der Waals surface area (Å²) in [4.78, 5) is 11.7. The molecular formula is C14H16F4N2O2. The molecule has 0 aliphatic heterocycles. The first-order valence-corrected chi connectivity index (χ1v) is 6.88. The molecule has 0 saturated heterocycles. The SMILES string of the molecule is O=C(Nc1cc(C(F)(F)F)ccc1F)NC1CCC(O)CC1. The van der Waals surface area contributed by atoms with E-state index in [0.29, 0.717) is 43.9 Å². The van der Waals surface area contributed by atoms with Crippen molar-refractivity contribution in [2.45, 2.75) is 44.0 Å². The van der Waals surface area contributed by atoms with Crippen LogP contribution < -0.4 is 10.6 Å². The number of hydrogen-bond donors (Lipinski definition) is 3. The fraction of sp³-hybridized carbons (Fsp3) is 0.500. The van der Waals surface area contributed by atoms with Crippen LogP contribution in [0.25, 0.3) is 0 Å². The summed E-state index contributed by atoms with van der Waals surface area (Å²) in [5.41, 5.74) is -1.56. The summed E-state index contributed by atoms with van der Waals surface area (Å²) in [5, 5.41) is 14.0. The standard InChI is InChI=1S/C14H16F4N2O2/c15-11-6-1-8(14(16,17)18)7-12(11)20-13(22)19-9-2-4-10(21)5-3-9/h1,6-7,9-10,21H,2-5H2,(H2,19,20,22). The zero-order valence-corrected chi connectivity index (χ0v) is 11.6. The van der Waals surface area contributed by atoms with E-state index in [1.54, 1.807) is 0 Å². The molecule has 2 rings (SSSR count). The molecule has 1 fully saturated rings. The normalized spacial score (nSPS) is 22.2. The van der Waals surface area contributed by atoms with Crippen molar-refractivity contribution in [3.63, 3.8) is 0 Å². The van der Waals surface area contributed by atoms with Crippen LogP contribution in [0.2, 0.25) is 0 Å². The minimum Gasteiger partial charge on any atom is -0.393 e. The summed E-state index contributed by atoms with van der Waals surface area (Å²) >= 11 is 0. The van der Waals surface area contributed by atoms with Gasteiger partial charge in [-0.15, -0.1) is 0 Å². The van der Waals surface area contributed by atoms with Crippen molar-refractivity contribution in [1.29, 1.82) is 0 Å². The highest BCUT2D eigenvalue weighted by Gasteiger charge is 2.31. The first kappa shape index (κ1) is 16.5. The van der Waals surface area contributed by atoms with E-state index in [0.717, 1.165) is 0 Å². The van der Waals surface area contributed by atoms with Gasteiger partial charge < -0.3 is 15.7 Å². The highest BCUT2D eigenvalue weighted by molar-refractivity contribution is 5.89. The minimum absolute atomic E-state index is 0.183. The second kappa shape index (κ2) is 6.51. The molecule has 0 heterocycles. The van der Waals surface area contributed by atoms with E-state index in [1.165, 1.54) is 0 Å². The predicted octanol–water partition coefficient (Wildman–Crippen LogP) is 3.27. The molecule has 1 aromatic rings. The Labute approximate surface area is 124 Å². The van der Waals surface area contributed by atoms with Crippen LogP contribution in [-0.2, 0) is 6.18 Å². The Bertz CT molecular complexity index is 540. The van der Waals surface area contributed by atoms with Crippen molar-refractivity contribution < 1.29 is 27.5 Å². The van der Waals surface area contributed by atoms with Gasteiger partial charge in [-0.3, -0.25) is 0 Å². The number of hydrogen-bond acceptors (Lipinski definition) is 2. The minimum atomic E-state index is -4.61. The Kier molecular flexibility index (Phi) is 4.90. The number of carbonyl (C=O) groups excluding carboxylic acids is 1. The van der Waals surface area contributed by atoms with Crippen LogP contribution in [0, 0.1) is 5.82 Å². The largest absolute Gasteiger partial charge is 0.416 e. The maximum absolute atomic E-state index is 13.5. The van der Waals surface area contributed by atoms with Gasteiger partial charge in [0, 0.05) is 6.04 Å². The molecule has 1 saturated carbocycles. The van der Waals surface area contributed by atoms with Crippen LogP contribution in [-0.4, -0.2) is 23.3 Å². The molecule has 0 atom stereocenters. The fourth-order valence-corrected chi connectivity index (χ4v) is 2.36. The van der Waals surface area contributed by atoms with Crippen molar-refractivity contribution >= 4 is 11.7 Å². The van der Waals surface area contributed by atoms with E-state index >= 15 is 0 Å². The Hall–Kier alpha value is -1.83. The molecule has 0 aromatic heterocycles. The highest BCUT2D eigenvalue weighted by Crippen LogP contribution is 2.31. The summed E-state index contributed by atoms with van der Waals surface area (Å²) in [5.74, 6) is -0.942. The monoisotopic (exact) mass is 320 g/mol. The van der Waals surface area contributed by atoms with Gasteiger partial charge in [0.1, 0.15) is 5.82 Å². The maximum Gasteiger partial charge on any atom is 0.416 e. The van der Waals surface area contributed by atoms with E-state index < -0.39 is 29.3 Å². The van der Waals surface area contributed by atoms with Crippen LogP contribution in [0.5, 0.6) is 0 Å². The number of anilines is 1. The highest BCUT2D eigenvalue weighted by atomic mass is 19.4. The predicted molar refractivity (Wildman–Crippen MR) is 71.8 cm³/mol. The van der Waals surface area contributed by atoms with Gasteiger partial charge >= 0.3 is 12.2 Å². The molecule has 1 aliphatic rings. The molecule has 4 nitrogen and oxygen atoms in total. The topological polar surface area (TPSA) is 61.4 Å². The van der Waals surface area contributed by atoms with Crippen molar-refractivity contribution in [1.82, 2.24) is 5.32 Å². The average molecular weight is 320 g/mol. The summed E-state index contributed by atoms with van der Waals surface area (Å²) < 4.78 is 51.2. The molecule has 2 amide bonds. The Morgan fingerprint density at radius 1 is 1.18 bits per heavy atom. The zero-order chi connectivity index (χ0) is 16.3. The molecular weight excluding hydrogens is 304 g/mol. The number of rotatable bonds is 2. The molecule has 1 aliphatic carbocycles. The number of benzene rings is 1. The number of aliphatic hydroxyl groups is 1. The van der Waals surface area contributed by atoms with E-state index in [4.69, 9.17) is 0 Å². The number of nitrogens with one attached hydrogen (secondary N) is 2. The van der Waals surface area contributed by atoms with Gasteiger partial charge in [-0.05, 0) is 43.9 Å². The summed E-state index contributed by atoms with van der Waals surface area (Å²) in [6.07, 6.45) is -2.77. The lowest BCUT2D eigenvalue weighted by atomic mass is 9.93. The van der Waals surface area contributed by atoms with Crippen molar-refractivity contribution in [2.75, 3.05) is 5.32 Å². The quantitative estimate of drug-likeness (QED) is 0.733. The summed E-state index contributed by atoms with van der Waals surface area (Å²) in [6, 6.07) is 0.882. The molecule has 122 valence electrons. The molecule has 0 spiro atoms. The second-order valence-corrected chi connectivity index (χ2v) is 5.30. The van der Waals surface area contributed by atoms with E-state index in [9.17, 15) is 27.5 Å². The van der Waals surface area contributed by atoms with Crippen LogP contribution in [0.1, 0.15) is 31.2 Å². The van der Waals surface area contributed by atoms with Crippen LogP contribution in [0.15, 0.2) is 18.2 Å². The van der Waals surface area contributed by atoms with Gasteiger partial charge in [0.2, 0.25) is 0 Å². The Morgan fingerprint density at radius 3 is 2.41 bits per heavy atom. The van der Waals surface area contributed by atoms with Crippen molar-refractivity contribution in [3.8, 4) is 0 Å².